The summed E-state index contributed by atoms with van der Waals surface area (Å²) in [4.78, 5) is 21.1. The van der Waals surface area contributed by atoms with Crippen LogP contribution in [0.5, 0.6) is 0 Å². The number of nitrogens with one attached hydrogen (secondary N) is 1. The molecule has 186 valence electrons. The Morgan fingerprint density at radius 2 is 1.60 bits per heavy atom. The highest BCUT2D eigenvalue weighted by Crippen LogP contribution is 2.33. The second-order valence-corrected chi connectivity index (χ2v) is 8.50. The molecule has 0 bridgehead atoms. The predicted molar refractivity (Wildman–Crippen MR) is 113 cm³/mol. The largest absolute Gasteiger partial charge is 0.433 e. The number of aliphatic hydroxyl groups is 1. The fourth-order valence-corrected chi connectivity index (χ4v) is 3.27. The van der Waals surface area contributed by atoms with Crippen LogP contribution in [0.25, 0.3) is 11.5 Å². The van der Waals surface area contributed by atoms with Crippen molar-refractivity contribution in [3.8, 4) is 11.5 Å². The summed E-state index contributed by atoms with van der Waals surface area (Å²) in [5, 5.41) is 12.8. The Morgan fingerprint density at radius 3 is 2.23 bits per heavy atom. The lowest BCUT2D eigenvalue weighted by molar-refractivity contribution is -0.141. The maximum absolute atomic E-state index is 13.2. The van der Waals surface area contributed by atoms with Crippen LogP contribution in [0.15, 0.2) is 36.5 Å². The van der Waals surface area contributed by atoms with Crippen LogP contribution in [0.2, 0.25) is 0 Å². The quantitative estimate of drug-likeness (QED) is 0.501. The van der Waals surface area contributed by atoms with Gasteiger partial charge in [-0.05, 0) is 38.1 Å². The lowest BCUT2D eigenvalue weighted by Crippen LogP contribution is -2.56. The third-order valence-corrected chi connectivity index (χ3v) is 5.36. The Morgan fingerprint density at radius 1 is 0.914 bits per heavy atom. The standard InChI is InChI=1S/C21H19F6N7O/c1-19(2,35)11-9-34(10-11)18-32-16(13-4-3-5-14(30-13)20(22,23)24)31-17(33-18)29-12-6-7-28-15(8-12)21(25,26)27/h3-8,11,35H,9-10H2,1-2H3,(H,28,29,31,32,33). The molecule has 35 heavy (non-hydrogen) atoms. The van der Waals surface area contributed by atoms with Gasteiger partial charge in [-0.25, -0.2) is 4.98 Å². The lowest BCUT2D eigenvalue weighted by atomic mass is 9.85. The van der Waals surface area contributed by atoms with Gasteiger partial charge in [-0.15, -0.1) is 0 Å². The summed E-state index contributed by atoms with van der Waals surface area (Å²) < 4.78 is 78.5. The number of rotatable bonds is 5. The SMILES string of the molecule is CC(C)(O)C1CN(c2nc(Nc3ccnc(C(F)(F)F)c3)nc(-c3cccc(C(F)(F)F)n3)n2)C1. The number of nitrogens with zero attached hydrogens (tertiary/aromatic N) is 6. The number of halogens is 6. The fourth-order valence-electron chi connectivity index (χ4n) is 3.27. The van der Waals surface area contributed by atoms with E-state index in [-0.39, 0.29) is 35.0 Å². The van der Waals surface area contributed by atoms with Gasteiger partial charge in [0.25, 0.3) is 0 Å². The van der Waals surface area contributed by atoms with E-state index in [4.69, 9.17) is 0 Å². The van der Waals surface area contributed by atoms with E-state index in [0.29, 0.717) is 13.1 Å². The van der Waals surface area contributed by atoms with Gasteiger partial charge in [0, 0.05) is 30.9 Å². The van der Waals surface area contributed by atoms with E-state index < -0.39 is 29.3 Å². The van der Waals surface area contributed by atoms with E-state index in [1.165, 1.54) is 12.1 Å². The molecule has 0 aliphatic carbocycles. The topological polar surface area (TPSA) is 100.0 Å². The van der Waals surface area contributed by atoms with E-state index in [9.17, 15) is 31.4 Å². The third kappa shape index (κ3) is 5.58. The zero-order valence-corrected chi connectivity index (χ0v) is 18.4. The molecule has 0 spiro atoms. The zero-order valence-electron chi connectivity index (χ0n) is 18.4. The summed E-state index contributed by atoms with van der Waals surface area (Å²) in [5.41, 5.74) is -3.50. The van der Waals surface area contributed by atoms with Crippen molar-refractivity contribution in [3.05, 3.63) is 47.9 Å². The summed E-state index contributed by atoms with van der Waals surface area (Å²) in [5.74, 6) is -0.446. The first-order valence-corrected chi connectivity index (χ1v) is 10.3. The van der Waals surface area contributed by atoms with E-state index in [1.807, 2.05) is 0 Å². The molecule has 4 rings (SSSR count). The van der Waals surface area contributed by atoms with Crippen LogP contribution >= 0.6 is 0 Å². The molecule has 0 saturated carbocycles. The van der Waals surface area contributed by atoms with Crippen molar-refractivity contribution in [2.24, 2.45) is 5.92 Å². The van der Waals surface area contributed by atoms with Gasteiger partial charge < -0.3 is 15.3 Å². The Hall–Kier alpha value is -3.55. The fraction of sp³-hybridized carbons (Fsp3) is 0.381. The number of aromatic nitrogens is 5. The van der Waals surface area contributed by atoms with Gasteiger partial charge in [-0.2, -0.15) is 41.3 Å². The molecule has 2 N–H and O–H groups in total. The molecule has 14 heteroatoms. The van der Waals surface area contributed by atoms with Crippen LogP contribution < -0.4 is 10.2 Å². The first-order valence-electron chi connectivity index (χ1n) is 10.3. The highest BCUT2D eigenvalue weighted by atomic mass is 19.4. The van der Waals surface area contributed by atoms with Gasteiger partial charge >= 0.3 is 12.4 Å². The van der Waals surface area contributed by atoms with Gasteiger partial charge in [0.2, 0.25) is 11.9 Å². The summed E-state index contributed by atoms with van der Waals surface area (Å²) in [6, 6.07) is 5.23. The average molecular weight is 499 g/mol. The summed E-state index contributed by atoms with van der Waals surface area (Å²) in [6.45, 7) is 4.01. The molecule has 8 nitrogen and oxygen atoms in total. The summed E-state index contributed by atoms with van der Waals surface area (Å²) in [7, 11) is 0. The Labute approximate surface area is 195 Å². The summed E-state index contributed by atoms with van der Waals surface area (Å²) >= 11 is 0. The molecule has 0 unspecified atom stereocenters. The number of anilines is 3. The Kier molecular flexibility index (Phi) is 6.03. The van der Waals surface area contributed by atoms with Crippen LogP contribution in [-0.2, 0) is 12.4 Å². The predicted octanol–water partition coefficient (Wildman–Crippen LogP) is 4.32. The number of alkyl halides is 6. The zero-order chi connectivity index (χ0) is 25.6. The van der Waals surface area contributed by atoms with Gasteiger partial charge in [-0.3, -0.25) is 4.98 Å². The molecule has 1 aliphatic rings. The van der Waals surface area contributed by atoms with Crippen LogP contribution in [0.1, 0.15) is 25.2 Å². The Bertz CT molecular complexity index is 1220. The van der Waals surface area contributed by atoms with Crippen LogP contribution in [0.3, 0.4) is 0 Å². The monoisotopic (exact) mass is 499 g/mol. The van der Waals surface area contributed by atoms with E-state index in [0.717, 1.165) is 24.4 Å². The van der Waals surface area contributed by atoms with E-state index >= 15 is 0 Å². The minimum Gasteiger partial charge on any atom is -0.390 e. The number of pyridine rings is 2. The molecule has 3 aromatic heterocycles. The smallest absolute Gasteiger partial charge is 0.390 e. The van der Waals surface area contributed by atoms with Crippen molar-refractivity contribution in [2.75, 3.05) is 23.3 Å². The normalized spacial score (nSPS) is 15.2. The molecule has 0 amide bonds. The van der Waals surface area contributed by atoms with Crippen molar-refractivity contribution < 1.29 is 31.4 Å². The number of hydrogen-bond donors (Lipinski definition) is 2. The second kappa shape index (κ2) is 8.59. The molecule has 0 radical (unpaired) electrons. The molecule has 4 heterocycles. The Balaban J connectivity index is 1.72. The molecular formula is C21H19F6N7O. The van der Waals surface area contributed by atoms with Crippen molar-refractivity contribution in [1.82, 2.24) is 24.9 Å². The summed E-state index contributed by atoms with van der Waals surface area (Å²) in [6.07, 6.45) is -8.43. The van der Waals surface area contributed by atoms with Gasteiger partial charge in [0.1, 0.15) is 17.1 Å². The maximum atomic E-state index is 13.2. The highest BCUT2D eigenvalue weighted by molar-refractivity contribution is 5.59. The van der Waals surface area contributed by atoms with E-state index in [1.54, 1.807) is 18.7 Å². The van der Waals surface area contributed by atoms with Gasteiger partial charge in [0.05, 0.1) is 5.60 Å². The highest BCUT2D eigenvalue weighted by Gasteiger charge is 2.39. The van der Waals surface area contributed by atoms with Gasteiger partial charge in [0.15, 0.2) is 5.82 Å². The molecule has 0 aromatic carbocycles. The number of hydrogen-bond acceptors (Lipinski definition) is 8. The first kappa shape index (κ1) is 24.6. The lowest BCUT2D eigenvalue weighted by Gasteiger charge is -2.45. The second-order valence-electron chi connectivity index (χ2n) is 8.50. The van der Waals surface area contributed by atoms with Gasteiger partial charge in [-0.1, -0.05) is 6.07 Å². The van der Waals surface area contributed by atoms with Crippen molar-refractivity contribution >= 4 is 17.6 Å². The van der Waals surface area contributed by atoms with E-state index in [2.05, 4.69) is 30.2 Å². The average Bonchev–Trinajstić information content (AvgIpc) is 2.70. The van der Waals surface area contributed by atoms with Crippen LogP contribution in [0, 0.1) is 5.92 Å². The minimum absolute atomic E-state index is 0.0367. The molecule has 1 aliphatic heterocycles. The molecular weight excluding hydrogens is 480 g/mol. The molecule has 1 fully saturated rings. The minimum atomic E-state index is -4.70. The molecule has 0 atom stereocenters. The molecule has 1 saturated heterocycles. The van der Waals surface area contributed by atoms with Crippen molar-refractivity contribution in [1.29, 1.82) is 0 Å². The maximum Gasteiger partial charge on any atom is 0.433 e. The molecule has 3 aromatic rings. The third-order valence-electron chi connectivity index (χ3n) is 5.36. The van der Waals surface area contributed by atoms with Crippen molar-refractivity contribution in [3.63, 3.8) is 0 Å². The van der Waals surface area contributed by atoms with Crippen LogP contribution in [0.4, 0.5) is 43.9 Å². The van der Waals surface area contributed by atoms with Crippen LogP contribution in [-0.4, -0.2) is 48.7 Å². The first-order chi connectivity index (χ1) is 16.2. The van der Waals surface area contributed by atoms with Crippen molar-refractivity contribution in [2.45, 2.75) is 31.8 Å².